The predicted molar refractivity (Wildman–Crippen MR) is 84.5 cm³/mol. The molecule has 0 aromatic heterocycles. The highest BCUT2D eigenvalue weighted by Gasteiger charge is 2.30. The minimum Gasteiger partial charge on any atom is -0.324 e. The first-order chi connectivity index (χ1) is 9.92. The molecule has 0 aliphatic carbocycles. The topological polar surface area (TPSA) is 66.5 Å². The molecule has 1 aromatic carbocycles. The third-order valence-corrected chi connectivity index (χ3v) is 6.24. The van der Waals surface area contributed by atoms with Crippen molar-refractivity contribution in [3.8, 4) is 0 Å². The van der Waals surface area contributed by atoms with Crippen LogP contribution in [-0.2, 0) is 9.84 Å². The van der Waals surface area contributed by atoms with Crippen LogP contribution in [0.25, 0.3) is 0 Å². The number of carbonyl (C=O) groups is 1. The van der Waals surface area contributed by atoms with Crippen LogP contribution in [0.1, 0.15) is 19.8 Å². The molecule has 0 spiro atoms. The lowest BCUT2D eigenvalue weighted by molar-refractivity contribution is 0.200. The fourth-order valence-electron chi connectivity index (χ4n) is 2.42. The molecule has 0 bridgehead atoms. The van der Waals surface area contributed by atoms with E-state index in [-0.39, 0.29) is 17.0 Å². The second kappa shape index (κ2) is 6.66. The normalized spacial score (nSPS) is 16.8. The van der Waals surface area contributed by atoms with E-state index >= 15 is 0 Å². The third kappa shape index (κ3) is 4.11. The number of likely N-dealkylation sites (tertiary alicyclic amines) is 1. The Morgan fingerprint density at radius 3 is 2.62 bits per heavy atom. The van der Waals surface area contributed by atoms with Crippen molar-refractivity contribution in [3.05, 3.63) is 29.3 Å². The number of sulfone groups is 1. The van der Waals surface area contributed by atoms with Crippen molar-refractivity contribution in [2.24, 2.45) is 0 Å². The van der Waals surface area contributed by atoms with Gasteiger partial charge in [-0.25, -0.2) is 13.2 Å². The van der Waals surface area contributed by atoms with Gasteiger partial charge in [0, 0.05) is 29.6 Å². The lowest BCUT2D eigenvalue weighted by Crippen LogP contribution is -2.44. The number of halogens is 1. The summed E-state index contributed by atoms with van der Waals surface area (Å²) in [5.41, 5.74) is 0.635. The average Bonchev–Trinajstić information content (AvgIpc) is 2.47. The van der Waals surface area contributed by atoms with Gasteiger partial charge in [0.25, 0.3) is 0 Å². The molecule has 1 aliphatic heterocycles. The summed E-state index contributed by atoms with van der Waals surface area (Å²) in [6.07, 6.45) is 0.998. The maximum atomic E-state index is 12.1. The molecule has 1 aromatic rings. The zero-order valence-corrected chi connectivity index (χ0v) is 13.5. The Morgan fingerprint density at radius 1 is 1.38 bits per heavy atom. The van der Waals surface area contributed by atoms with E-state index in [9.17, 15) is 13.2 Å². The molecule has 7 heteroatoms. The third-order valence-electron chi connectivity index (χ3n) is 3.72. The monoisotopic (exact) mass is 330 g/mol. The van der Waals surface area contributed by atoms with Crippen LogP contribution in [-0.4, -0.2) is 43.4 Å². The van der Waals surface area contributed by atoms with Crippen LogP contribution in [0.2, 0.25) is 5.02 Å². The predicted octanol–water partition coefficient (Wildman–Crippen LogP) is 2.77. The molecule has 0 saturated carbocycles. The first-order valence-electron chi connectivity index (χ1n) is 6.95. The van der Waals surface area contributed by atoms with Crippen molar-refractivity contribution in [2.75, 3.05) is 24.2 Å². The van der Waals surface area contributed by atoms with Gasteiger partial charge in [0.1, 0.15) is 0 Å². The van der Waals surface area contributed by atoms with Crippen molar-refractivity contribution in [2.45, 2.75) is 25.0 Å². The summed E-state index contributed by atoms with van der Waals surface area (Å²) >= 11 is 5.87. The summed E-state index contributed by atoms with van der Waals surface area (Å²) in [4.78, 5) is 13.8. The average molecular weight is 331 g/mol. The van der Waals surface area contributed by atoms with E-state index < -0.39 is 9.84 Å². The van der Waals surface area contributed by atoms with Crippen molar-refractivity contribution in [3.63, 3.8) is 0 Å². The SMILES string of the molecule is CCS(=O)(=O)C1CCN(C(=O)Nc2cccc(Cl)c2)CC1. The van der Waals surface area contributed by atoms with Crippen molar-refractivity contribution in [1.29, 1.82) is 0 Å². The molecule has 5 nitrogen and oxygen atoms in total. The molecular weight excluding hydrogens is 312 g/mol. The molecule has 2 amide bonds. The number of rotatable bonds is 3. The van der Waals surface area contributed by atoms with Gasteiger partial charge < -0.3 is 10.2 Å². The van der Waals surface area contributed by atoms with E-state index in [1.165, 1.54) is 0 Å². The van der Waals surface area contributed by atoms with Gasteiger partial charge in [0.15, 0.2) is 9.84 Å². The number of nitrogens with zero attached hydrogens (tertiary/aromatic N) is 1. The Labute approximate surface area is 130 Å². The number of anilines is 1. The second-order valence-electron chi connectivity index (χ2n) is 5.08. The zero-order chi connectivity index (χ0) is 15.5. The van der Waals surface area contributed by atoms with Crippen molar-refractivity contribution >= 4 is 33.2 Å². The lowest BCUT2D eigenvalue weighted by Gasteiger charge is -2.31. The van der Waals surface area contributed by atoms with Gasteiger partial charge in [-0.05, 0) is 31.0 Å². The van der Waals surface area contributed by atoms with Gasteiger partial charge in [-0.3, -0.25) is 0 Å². The van der Waals surface area contributed by atoms with E-state index in [0.29, 0.717) is 36.6 Å². The zero-order valence-electron chi connectivity index (χ0n) is 11.9. The smallest absolute Gasteiger partial charge is 0.321 e. The quantitative estimate of drug-likeness (QED) is 0.926. The molecule has 1 saturated heterocycles. The Bertz CT molecular complexity index is 610. The fourth-order valence-corrected chi connectivity index (χ4v) is 4.01. The maximum Gasteiger partial charge on any atom is 0.321 e. The highest BCUT2D eigenvalue weighted by Crippen LogP contribution is 2.20. The molecule has 0 radical (unpaired) electrons. The molecule has 1 heterocycles. The number of urea groups is 1. The van der Waals surface area contributed by atoms with Gasteiger partial charge in [0.05, 0.1) is 5.25 Å². The van der Waals surface area contributed by atoms with Gasteiger partial charge in [-0.2, -0.15) is 0 Å². The summed E-state index contributed by atoms with van der Waals surface area (Å²) in [7, 11) is -3.01. The van der Waals surface area contributed by atoms with Crippen LogP contribution < -0.4 is 5.32 Å². The molecular formula is C14H19ClN2O3S. The highest BCUT2D eigenvalue weighted by molar-refractivity contribution is 7.92. The molecule has 1 N–H and O–H groups in total. The van der Waals surface area contributed by atoms with Gasteiger partial charge in [0.2, 0.25) is 0 Å². The second-order valence-corrected chi connectivity index (χ2v) is 8.08. The van der Waals surface area contributed by atoms with Crippen LogP contribution in [0.4, 0.5) is 10.5 Å². The lowest BCUT2D eigenvalue weighted by atomic mass is 10.1. The summed E-state index contributed by atoms with van der Waals surface area (Å²) in [5, 5.41) is 3.01. The van der Waals surface area contributed by atoms with E-state index in [4.69, 9.17) is 11.6 Å². The number of hydrogen-bond acceptors (Lipinski definition) is 3. The Hall–Kier alpha value is -1.27. The number of amides is 2. The molecule has 116 valence electrons. The van der Waals surface area contributed by atoms with E-state index in [0.717, 1.165) is 0 Å². The van der Waals surface area contributed by atoms with Gasteiger partial charge in [-0.15, -0.1) is 0 Å². The standard InChI is InChI=1S/C14H19ClN2O3S/c1-2-21(19,20)13-6-8-17(9-7-13)14(18)16-12-5-3-4-11(15)10-12/h3-5,10,13H,2,6-9H2,1H3,(H,16,18). The summed E-state index contributed by atoms with van der Waals surface area (Å²) in [6, 6.07) is 6.71. The van der Waals surface area contributed by atoms with Crippen LogP contribution in [0, 0.1) is 0 Å². The van der Waals surface area contributed by atoms with Gasteiger partial charge in [-0.1, -0.05) is 24.6 Å². The van der Waals surface area contributed by atoms with E-state index in [1.54, 1.807) is 36.1 Å². The number of benzene rings is 1. The van der Waals surface area contributed by atoms with Crippen LogP contribution in [0.3, 0.4) is 0 Å². The number of piperidine rings is 1. The molecule has 0 unspecified atom stereocenters. The summed E-state index contributed by atoms with van der Waals surface area (Å²) < 4.78 is 23.7. The fraction of sp³-hybridized carbons (Fsp3) is 0.500. The number of carbonyl (C=O) groups excluding carboxylic acids is 1. The number of nitrogens with one attached hydrogen (secondary N) is 1. The molecule has 1 aliphatic rings. The van der Waals surface area contributed by atoms with Crippen LogP contribution >= 0.6 is 11.6 Å². The van der Waals surface area contributed by atoms with E-state index in [1.807, 2.05) is 0 Å². The Kier molecular flexibility index (Phi) is 5.11. The summed E-state index contributed by atoms with van der Waals surface area (Å²) in [5.74, 6) is 0.159. The van der Waals surface area contributed by atoms with Crippen molar-refractivity contribution < 1.29 is 13.2 Å². The largest absolute Gasteiger partial charge is 0.324 e. The van der Waals surface area contributed by atoms with E-state index in [2.05, 4.69) is 5.32 Å². The van der Waals surface area contributed by atoms with Gasteiger partial charge >= 0.3 is 6.03 Å². The highest BCUT2D eigenvalue weighted by atomic mass is 35.5. The first-order valence-corrected chi connectivity index (χ1v) is 9.05. The molecule has 1 fully saturated rings. The maximum absolute atomic E-state index is 12.1. The Balaban J connectivity index is 1.92. The molecule has 21 heavy (non-hydrogen) atoms. The summed E-state index contributed by atoms with van der Waals surface area (Å²) in [6.45, 7) is 2.57. The minimum atomic E-state index is -3.01. The molecule has 2 rings (SSSR count). The number of hydrogen-bond donors (Lipinski definition) is 1. The van der Waals surface area contributed by atoms with Crippen molar-refractivity contribution in [1.82, 2.24) is 4.90 Å². The first kappa shape index (κ1) is 16.1. The van der Waals surface area contributed by atoms with Crippen LogP contribution in [0.5, 0.6) is 0 Å². The molecule has 0 atom stereocenters. The minimum absolute atomic E-state index is 0.159. The van der Waals surface area contributed by atoms with Crippen LogP contribution in [0.15, 0.2) is 24.3 Å². The Morgan fingerprint density at radius 2 is 2.05 bits per heavy atom.